The van der Waals surface area contributed by atoms with E-state index in [0.717, 1.165) is 30.5 Å². The minimum absolute atomic E-state index is 0.284. The van der Waals surface area contributed by atoms with Crippen LogP contribution in [0.15, 0.2) is 17.0 Å². The number of likely N-dealkylation sites (N-methyl/N-ethyl adjacent to an activating group) is 2. The van der Waals surface area contributed by atoms with Crippen LogP contribution in [0, 0.1) is 13.8 Å². The molecule has 1 saturated heterocycles. The van der Waals surface area contributed by atoms with Crippen molar-refractivity contribution in [3.8, 4) is 0 Å². The summed E-state index contributed by atoms with van der Waals surface area (Å²) < 4.78 is 26.8. The fraction of sp³-hybridized carbons (Fsp3) is 0.600. The summed E-state index contributed by atoms with van der Waals surface area (Å²) in [6, 6.07) is 3.57. The number of nitrogen functional groups attached to an aromatic ring is 1. The summed E-state index contributed by atoms with van der Waals surface area (Å²) in [5, 5.41) is 0. The van der Waals surface area contributed by atoms with Crippen LogP contribution in [0.3, 0.4) is 0 Å². The number of benzene rings is 1. The number of nitrogens with two attached hydrogens (primary N) is 1. The van der Waals surface area contributed by atoms with Gasteiger partial charge in [0, 0.05) is 25.3 Å². The van der Waals surface area contributed by atoms with E-state index < -0.39 is 10.0 Å². The number of anilines is 1. The molecule has 0 amide bonds. The van der Waals surface area contributed by atoms with E-state index in [9.17, 15) is 8.42 Å². The molecular formula is C15H25N3O2S. The van der Waals surface area contributed by atoms with Crippen molar-refractivity contribution in [1.29, 1.82) is 0 Å². The van der Waals surface area contributed by atoms with Gasteiger partial charge >= 0.3 is 0 Å². The highest BCUT2D eigenvalue weighted by Gasteiger charge is 2.28. The third-order valence-electron chi connectivity index (χ3n) is 4.53. The highest BCUT2D eigenvalue weighted by Crippen LogP contribution is 2.25. The molecule has 0 saturated carbocycles. The van der Waals surface area contributed by atoms with Crippen LogP contribution >= 0.6 is 0 Å². The molecule has 2 rings (SSSR count). The van der Waals surface area contributed by atoms with Gasteiger partial charge in [0.15, 0.2) is 0 Å². The van der Waals surface area contributed by atoms with Gasteiger partial charge in [-0.25, -0.2) is 8.42 Å². The Kier molecular flexibility index (Phi) is 4.60. The maximum atomic E-state index is 12.7. The maximum absolute atomic E-state index is 12.7. The van der Waals surface area contributed by atoms with E-state index in [4.69, 9.17) is 5.73 Å². The zero-order chi connectivity index (χ0) is 15.8. The van der Waals surface area contributed by atoms with Crippen molar-refractivity contribution in [1.82, 2.24) is 9.21 Å². The quantitative estimate of drug-likeness (QED) is 0.858. The van der Waals surface area contributed by atoms with Crippen molar-refractivity contribution in [2.24, 2.45) is 0 Å². The minimum atomic E-state index is -3.48. The van der Waals surface area contributed by atoms with Gasteiger partial charge in [0.25, 0.3) is 0 Å². The molecule has 21 heavy (non-hydrogen) atoms. The third-order valence-corrected chi connectivity index (χ3v) is 6.33. The molecule has 5 nitrogen and oxygen atoms in total. The molecule has 1 aliphatic heterocycles. The van der Waals surface area contributed by atoms with E-state index in [0.29, 0.717) is 18.3 Å². The van der Waals surface area contributed by atoms with Crippen molar-refractivity contribution < 1.29 is 8.42 Å². The molecule has 0 bridgehead atoms. The largest absolute Gasteiger partial charge is 0.398 e. The number of rotatable bonds is 4. The van der Waals surface area contributed by atoms with Crippen molar-refractivity contribution >= 4 is 15.7 Å². The molecule has 1 aromatic carbocycles. The fourth-order valence-corrected chi connectivity index (χ4v) is 4.12. The standard InChI is InChI=1S/C15H25N3O2S/c1-11-8-14(9-15(16)12(11)2)21(19,20)18(4)10-13-6-5-7-17(13)3/h8-9,13H,5-7,10,16H2,1-4H3. The Bertz CT molecular complexity index is 605. The predicted octanol–water partition coefficient (Wildman–Crippen LogP) is 1.60. The van der Waals surface area contributed by atoms with E-state index in [1.165, 1.54) is 4.31 Å². The van der Waals surface area contributed by atoms with Gasteiger partial charge in [-0.3, -0.25) is 0 Å². The van der Waals surface area contributed by atoms with Gasteiger partial charge in [-0.2, -0.15) is 4.31 Å². The molecule has 6 heteroatoms. The van der Waals surface area contributed by atoms with Crippen molar-refractivity contribution in [3.63, 3.8) is 0 Å². The van der Waals surface area contributed by atoms with E-state index in [-0.39, 0.29) is 4.90 Å². The number of nitrogens with zero attached hydrogens (tertiary/aromatic N) is 2. The summed E-state index contributed by atoms with van der Waals surface area (Å²) in [7, 11) is 0.208. The van der Waals surface area contributed by atoms with Crippen molar-refractivity contribution in [2.45, 2.75) is 37.6 Å². The minimum Gasteiger partial charge on any atom is -0.398 e. The van der Waals surface area contributed by atoms with E-state index in [2.05, 4.69) is 4.90 Å². The van der Waals surface area contributed by atoms with Crippen LogP contribution in [-0.2, 0) is 10.0 Å². The highest BCUT2D eigenvalue weighted by molar-refractivity contribution is 7.89. The summed E-state index contributed by atoms with van der Waals surface area (Å²) in [5.41, 5.74) is 8.28. The van der Waals surface area contributed by atoms with Gasteiger partial charge < -0.3 is 10.6 Å². The van der Waals surface area contributed by atoms with Gasteiger partial charge in [0.2, 0.25) is 10.0 Å². The second kappa shape index (κ2) is 5.94. The van der Waals surface area contributed by atoms with Gasteiger partial charge in [0.05, 0.1) is 4.90 Å². The van der Waals surface area contributed by atoms with Gasteiger partial charge in [-0.05, 0) is 63.5 Å². The second-order valence-corrected chi connectivity index (χ2v) is 8.06. The topological polar surface area (TPSA) is 66.6 Å². The average Bonchev–Trinajstić information content (AvgIpc) is 2.80. The van der Waals surface area contributed by atoms with Crippen molar-refractivity contribution in [3.05, 3.63) is 23.3 Å². The first-order chi connectivity index (χ1) is 9.73. The lowest BCUT2D eigenvalue weighted by molar-refractivity contribution is 0.271. The fourth-order valence-electron chi connectivity index (χ4n) is 2.79. The molecule has 1 fully saturated rings. The van der Waals surface area contributed by atoms with Gasteiger partial charge in [-0.15, -0.1) is 0 Å². The zero-order valence-electron chi connectivity index (χ0n) is 13.3. The van der Waals surface area contributed by atoms with Crippen LogP contribution in [-0.4, -0.2) is 50.8 Å². The number of likely N-dealkylation sites (tertiary alicyclic amines) is 1. The van der Waals surface area contributed by atoms with Crippen LogP contribution < -0.4 is 5.73 Å². The summed E-state index contributed by atoms with van der Waals surface area (Å²) in [6.45, 7) is 5.34. The third kappa shape index (κ3) is 3.22. The molecule has 0 radical (unpaired) electrons. The Labute approximate surface area is 127 Å². The smallest absolute Gasteiger partial charge is 0.242 e. The molecule has 0 spiro atoms. The van der Waals surface area contributed by atoms with E-state index in [1.54, 1.807) is 19.2 Å². The average molecular weight is 311 g/mol. The number of hydrogen-bond donors (Lipinski definition) is 1. The predicted molar refractivity (Wildman–Crippen MR) is 85.8 cm³/mol. The summed E-state index contributed by atoms with van der Waals surface area (Å²) in [6.07, 6.45) is 2.18. The lowest BCUT2D eigenvalue weighted by atomic mass is 10.1. The van der Waals surface area contributed by atoms with Crippen LogP contribution in [0.25, 0.3) is 0 Å². The normalized spacial score (nSPS) is 20.3. The number of sulfonamides is 1. The summed E-state index contributed by atoms with van der Waals surface area (Å²) >= 11 is 0. The molecular weight excluding hydrogens is 286 g/mol. The molecule has 0 aromatic heterocycles. The molecule has 118 valence electrons. The lowest BCUT2D eigenvalue weighted by Gasteiger charge is -2.25. The summed E-state index contributed by atoms with van der Waals surface area (Å²) in [5.74, 6) is 0. The summed E-state index contributed by atoms with van der Waals surface area (Å²) in [4.78, 5) is 2.51. The number of aryl methyl sites for hydroxylation is 1. The first kappa shape index (κ1) is 16.3. The molecule has 2 N–H and O–H groups in total. The van der Waals surface area contributed by atoms with Crippen LogP contribution in [0.4, 0.5) is 5.69 Å². The Morgan fingerprint density at radius 2 is 2.05 bits per heavy atom. The molecule has 1 aliphatic rings. The van der Waals surface area contributed by atoms with Crippen LogP contribution in [0.5, 0.6) is 0 Å². The Morgan fingerprint density at radius 1 is 1.38 bits per heavy atom. The Balaban J connectivity index is 2.25. The SMILES string of the molecule is Cc1cc(S(=O)(=O)N(C)CC2CCCN2C)cc(N)c1C. The molecule has 1 atom stereocenters. The monoisotopic (exact) mass is 311 g/mol. The first-order valence-corrected chi connectivity index (χ1v) is 8.71. The lowest BCUT2D eigenvalue weighted by Crippen LogP contribution is -2.39. The second-order valence-electron chi connectivity index (χ2n) is 6.02. The first-order valence-electron chi connectivity index (χ1n) is 7.26. The Hall–Kier alpha value is -1.11. The molecule has 1 aromatic rings. The molecule has 0 aliphatic carbocycles. The van der Waals surface area contributed by atoms with Crippen molar-refractivity contribution in [2.75, 3.05) is 32.9 Å². The molecule has 1 unspecified atom stereocenters. The van der Waals surface area contributed by atoms with Crippen LogP contribution in [0.1, 0.15) is 24.0 Å². The molecule has 1 heterocycles. The Morgan fingerprint density at radius 3 is 2.57 bits per heavy atom. The van der Waals surface area contributed by atoms with E-state index >= 15 is 0 Å². The maximum Gasteiger partial charge on any atom is 0.242 e. The van der Waals surface area contributed by atoms with Crippen LogP contribution in [0.2, 0.25) is 0 Å². The van der Waals surface area contributed by atoms with Gasteiger partial charge in [-0.1, -0.05) is 0 Å². The van der Waals surface area contributed by atoms with Gasteiger partial charge in [0.1, 0.15) is 0 Å². The zero-order valence-corrected chi connectivity index (χ0v) is 14.1. The number of hydrogen-bond acceptors (Lipinski definition) is 4. The highest BCUT2D eigenvalue weighted by atomic mass is 32.2. The van der Waals surface area contributed by atoms with E-state index in [1.807, 2.05) is 20.9 Å².